The van der Waals surface area contributed by atoms with Gasteiger partial charge in [-0.2, -0.15) is 11.8 Å². The first-order chi connectivity index (χ1) is 9.56. The average molecular weight is 310 g/mol. The van der Waals surface area contributed by atoms with E-state index in [0.717, 1.165) is 30.0 Å². The Kier molecular flexibility index (Phi) is 4.91. The van der Waals surface area contributed by atoms with Crippen LogP contribution in [0.3, 0.4) is 0 Å². The van der Waals surface area contributed by atoms with Gasteiger partial charge >= 0.3 is 0 Å². The molecular weight excluding hydrogens is 286 g/mol. The van der Waals surface area contributed by atoms with Crippen molar-refractivity contribution >= 4 is 39.1 Å². The highest BCUT2D eigenvalue weighted by atomic mass is 32.2. The van der Waals surface area contributed by atoms with E-state index in [1.165, 1.54) is 15.8 Å². The quantitative estimate of drug-likeness (QED) is 0.843. The van der Waals surface area contributed by atoms with Crippen LogP contribution in [0, 0.1) is 13.8 Å². The predicted octanol–water partition coefficient (Wildman–Crippen LogP) is 4.64. The van der Waals surface area contributed by atoms with Crippen molar-refractivity contribution in [2.75, 3.05) is 18.1 Å². The Morgan fingerprint density at radius 1 is 1.25 bits per heavy atom. The van der Waals surface area contributed by atoms with Crippen LogP contribution in [-0.4, -0.2) is 27.5 Å². The summed E-state index contributed by atoms with van der Waals surface area (Å²) in [6, 6.07) is 0. The van der Waals surface area contributed by atoms with Crippen LogP contribution in [0.1, 0.15) is 37.1 Å². The summed E-state index contributed by atoms with van der Waals surface area (Å²) in [6.07, 6.45) is 6.18. The lowest BCUT2D eigenvalue weighted by atomic mass is 10.0. The fourth-order valence-electron chi connectivity index (χ4n) is 2.42. The predicted molar refractivity (Wildman–Crippen MR) is 92.2 cm³/mol. The summed E-state index contributed by atoms with van der Waals surface area (Å²) in [5.74, 6) is 0.983. The number of nitrogens with one attached hydrogen (secondary N) is 1. The molecule has 0 fully saturated rings. The minimum Gasteiger partial charge on any atom is -0.368 e. The van der Waals surface area contributed by atoms with Gasteiger partial charge < -0.3 is 5.32 Å². The second kappa shape index (κ2) is 6.31. The van der Waals surface area contributed by atoms with Gasteiger partial charge in [-0.15, -0.1) is 11.3 Å². The van der Waals surface area contributed by atoms with Crippen LogP contribution in [0.25, 0.3) is 10.2 Å². The molecule has 0 saturated carbocycles. The summed E-state index contributed by atoms with van der Waals surface area (Å²) < 4.78 is 0.288. The fraction of sp³-hybridized carbons (Fsp3) is 0.600. The first-order valence-electron chi connectivity index (χ1n) is 7.06. The summed E-state index contributed by atoms with van der Waals surface area (Å²) in [4.78, 5) is 11.3. The summed E-state index contributed by atoms with van der Waals surface area (Å²) >= 11 is 3.70. The summed E-state index contributed by atoms with van der Waals surface area (Å²) in [5.41, 5.74) is 1.30. The smallest absolute Gasteiger partial charge is 0.138 e. The maximum atomic E-state index is 4.46. The van der Waals surface area contributed by atoms with Gasteiger partial charge in [-0.25, -0.2) is 9.97 Å². The maximum Gasteiger partial charge on any atom is 0.138 e. The number of anilines is 1. The molecule has 0 amide bonds. The molecule has 2 aromatic heterocycles. The molecule has 1 N–H and O–H groups in total. The normalized spacial score (nSPS) is 12.1. The van der Waals surface area contributed by atoms with Gasteiger partial charge in [0, 0.05) is 16.2 Å². The molecule has 0 unspecified atom stereocenters. The molecule has 0 aromatic carbocycles. The van der Waals surface area contributed by atoms with E-state index in [1.807, 2.05) is 11.8 Å². The van der Waals surface area contributed by atoms with Gasteiger partial charge in [0.1, 0.15) is 17.0 Å². The molecule has 0 atom stereocenters. The topological polar surface area (TPSA) is 37.8 Å². The van der Waals surface area contributed by atoms with E-state index in [0.29, 0.717) is 0 Å². The number of rotatable bonds is 6. The number of aryl methyl sites for hydroxylation is 2. The molecule has 20 heavy (non-hydrogen) atoms. The van der Waals surface area contributed by atoms with Gasteiger partial charge in [0.25, 0.3) is 0 Å². The fourth-order valence-corrected chi connectivity index (χ4v) is 4.21. The lowest BCUT2D eigenvalue weighted by Crippen LogP contribution is -2.32. The molecule has 0 spiro atoms. The Hall–Kier alpha value is -0.810. The molecule has 0 aliphatic carbocycles. The van der Waals surface area contributed by atoms with Crippen molar-refractivity contribution in [3.8, 4) is 0 Å². The number of aromatic nitrogens is 2. The van der Waals surface area contributed by atoms with Gasteiger partial charge in [0.15, 0.2) is 0 Å². The summed E-state index contributed by atoms with van der Waals surface area (Å²) in [7, 11) is 0. The largest absolute Gasteiger partial charge is 0.368 e. The maximum absolute atomic E-state index is 4.46. The van der Waals surface area contributed by atoms with Crippen molar-refractivity contribution in [2.45, 2.75) is 45.3 Å². The number of thiophene rings is 1. The van der Waals surface area contributed by atoms with Gasteiger partial charge in [-0.1, -0.05) is 13.8 Å². The monoisotopic (exact) mass is 309 g/mol. The molecule has 2 aromatic rings. The first-order valence-corrected chi connectivity index (χ1v) is 9.10. The standard InChI is InChI=1S/C15H23N3S2/c1-6-15(7-2,19-5)8-16-13-12-10(3)11(4)20-14(12)18-9-17-13/h9H,6-8H2,1-5H3,(H,16,17,18). The van der Waals surface area contributed by atoms with Crippen molar-refractivity contribution in [3.05, 3.63) is 16.8 Å². The Labute approximate surface area is 129 Å². The van der Waals surface area contributed by atoms with E-state index in [1.54, 1.807) is 17.7 Å². The van der Waals surface area contributed by atoms with Crippen LogP contribution in [0.15, 0.2) is 6.33 Å². The van der Waals surface area contributed by atoms with Crippen molar-refractivity contribution < 1.29 is 0 Å². The van der Waals surface area contributed by atoms with Crippen LogP contribution in [0.5, 0.6) is 0 Å². The van der Waals surface area contributed by atoms with Gasteiger partial charge in [0.2, 0.25) is 0 Å². The number of hydrogen-bond acceptors (Lipinski definition) is 5. The van der Waals surface area contributed by atoms with E-state index < -0.39 is 0 Å². The van der Waals surface area contributed by atoms with E-state index >= 15 is 0 Å². The lowest BCUT2D eigenvalue weighted by Gasteiger charge is -2.30. The van der Waals surface area contributed by atoms with Crippen LogP contribution in [-0.2, 0) is 0 Å². The molecule has 0 aliphatic heterocycles. The zero-order valence-electron chi connectivity index (χ0n) is 12.9. The minimum absolute atomic E-state index is 0.288. The van der Waals surface area contributed by atoms with Crippen molar-refractivity contribution in [1.29, 1.82) is 0 Å². The number of nitrogens with zero attached hydrogens (tertiary/aromatic N) is 2. The highest BCUT2D eigenvalue weighted by Crippen LogP contribution is 2.34. The van der Waals surface area contributed by atoms with E-state index in [2.05, 4.69) is 49.2 Å². The van der Waals surface area contributed by atoms with Crippen molar-refractivity contribution in [2.24, 2.45) is 0 Å². The van der Waals surface area contributed by atoms with Crippen molar-refractivity contribution in [3.63, 3.8) is 0 Å². The summed E-state index contributed by atoms with van der Waals surface area (Å²) in [5, 5.41) is 4.76. The number of hydrogen-bond donors (Lipinski definition) is 1. The molecule has 0 radical (unpaired) electrons. The van der Waals surface area contributed by atoms with Crippen LogP contribution in [0.2, 0.25) is 0 Å². The second-order valence-corrected chi connectivity index (χ2v) is 7.61. The van der Waals surface area contributed by atoms with Crippen LogP contribution < -0.4 is 5.32 Å². The molecule has 2 heterocycles. The Bertz CT molecular complexity index is 580. The molecule has 2 rings (SSSR count). The molecule has 0 aliphatic rings. The van der Waals surface area contributed by atoms with Gasteiger partial charge in [-0.05, 0) is 38.5 Å². The molecule has 0 saturated heterocycles. The Morgan fingerprint density at radius 2 is 1.95 bits per heavy atom. The third kappa shape index (κ3) is 2.79. The van der Waals surface area contributed by atoms with E-state index in [-0.39, 0.29) is 4.75 Å². The molecule has 110 valence electrons. The molecular formula is C15H23N3S2. The van der Waals surface area contributed by atoms with E-state index in [4.69, 9.17) is 0 Å². The van der Waals surface area contributed by atoms with Gasteiger partial charge in [-0.3, -0.25) is 0 Å². The first kappa shape index (κ1) is 15.6. The summed E-state index contributed by atoms with van der Waals surface area (Å²) in [6.45, 7) is 9.77. The molecule has 3 nitrogen and oxygen atoms in total. The number of thioether (sulfide) groups is 1. The third-order valence-corrected chi connectivity index (χ3v) is 6.97. The molecule has 5 heteroatoms. The Balaban J connectivity index is 2.30. The Morgan fingerprint density at radius 3 is 2.55 bits per heavy atom. The van der Waals surface area contributed by atoms with Crippen molar-refractivity contribution in [1.82, 2.24) is 9.97 Å². The van der Waals surface area contributed by atoms with Crippen LogP contribution >= 0.6 is 23.1 Å². The number of fused-ring (bicyclic) bond motifs is 1. The third-order valence-electron chi connectivity index (χ3n) is 4.27. The zero-order chi connectivity index (χ0) is 14.8. The molecule has 0 bridgehead atoms. The zero-order valence-corrected chi connectivity index (χ0v) is 14.5. The average Bonchev–Trinajstić information content (AvgIpc) is 2.77. The highest BCUT2D eigenvalue weighted by molar-refractivity contribution is 8.00. The lowest BCUT2D eigenvalue weighted by molar-refractivity contribution is 0.574. The van der Waals surface area contributed by atoms with Crippen LogP contribution in [0.4, 0.5) is 5.82 Å². The SMILES string of the molecule is CCC(CC)(CNc1ncnc2sc(C)c(C)c12)SC. The van der Waals surface area contributed by atoms with E-state index in [9.17, 15) is 0 Å². The highest BCUT2D eigenvalue weighted by Gasteiger charge is 2.25. The van der Waals surface area contributed by atoms with Gasteiger partial charge in [0.05, 0.1) is 5.39 Å². The minimum atomic E-state index is 0.288. The second-order valence-electron chi connectivity index (χ2n) is 5.13.